The van der Waals surface area contributed by atoms with Gasteiger partial charge in [0.1, 0.15) is 0 Å². The quantitative estimate of drug-likeness (QED) is 0.917. The fourth-order valence-corrected chi connectivity index (χ4v) is 4.70. The predicted molar refractivity (Wildman–Crippen MR) is 82.6 cm³/mol. The Balaban J connectivity index is 2.38. The Kier molecular flexibility index (Phi) is 4.72. The van der Waals surface area contributed by atoms with Gasteiger partial charge in [-0.15, -0.1) is 0 Å². The second kappa shape index (κ2) is 6.04. The molecule has 1 aliphatic heterocycles. The van der Waals surface area contributed by atoms with Crippen molar-refractivity contribution < 1.29 is 13.2 Å². The molecular weight excluding hydrogens is 288 g/mol. The average molecular weight is 312 g/mol. The summed E-state index contributed by atoms with van der Waals surface area (Å²) in [5, 5.41) is 3.02. The lowest BCUT2D eigenvalue weighted by molar-refractivity contribution is -0.109. The fourth-order valence-electron chi connectivity index (χ4n) is 2.81. The van der Waals surface area contributed by atoms with Crippen molar-refractivity contribution in [2.24, 2.45) is 0 Å². The number of hydrogen-bond donors (Lipinski definition) is 1. The van der Waals surface area contributed by atoms with Gasteiger partial charge in [-0.2, -0.15) is 4.31 Å². The minimum Gasteiger partial charge on any atom is -0.370 e. The smallest absolute Gasteiger partial charge is 0.243 e. The number of sulfonamides is 1. The lowest BCUT2D eigenvalue weighted by Crippen LogP contribution is -2.53. The molecule has 0 saturated carbocycles. The zero-order valence-corrected chi connectivity index (χ0v) is 13.9. The molecule has 0 bridgehead atoms. The molecule has 1 saturated heterocycles. The van der Waals surface area contributed by atoms with Gasteiger partial charge in [-0.3, -0.25) is 0 Å². The van der Waals surface area contributed by atoms with Crippen LogP contribution >= 0.6 is 0 Å². The lowest BCUT2D eigenvalue weighted by Gasteiger charge is -2.41. The molecule has 5 nitrogen and oxygen atoms in total. The van der Waals surface area contributed by atoms with Crippen LogP contribution in [0.2, 0.25) is 0 Å². The zero-order valence-electron chi connectivity index (χ0n) is 13.1. The molecular formula is C15H24N2O3S. The third-order valence-corrected chi connectivity index (χ3v) is 5.41. The van der Waals surface area contributed by atoms with E-state index in [1.807, 2.05) is 40.0 Å². The molecule has 0 amide bonds. The van der Waals surface area contributed by atoms with E-state index in [-0.39, 0.29) is 6.10 Å². The van der Waals surface area contributed by atoms with Crippen LogP contribution in [0.3, 0.4) is 0 Å². The highest BCUT2D eigenvalue weighted by Crippen LogP contribution is 2.27. The van der Waals surface area contributed by atoms with Crippen LogP contribution in [0.4, 0.5) is 0 Å². The molecule has 1 fully saturated rings. The SMILES string of the molecule is CNCc1ccccc1S(=O)(=O)N1CC(C)OC(C)(C)C1. The van der Waals surface area contributed by atoms with Gasteiger partial charge in [0.25, 0.3) is 0 Å². The largest absolute Gasteiger partial charge is 0.370 e. The molecule has 0 radical (unpaired) electrons. The van der Waals surface area contributed by atoms with E-state index in [2.05, 4.69) is 5.32 Å². The van der Waals surface area contributed by atoms with Crippen molar-refractivity contribution in [3.05, 3.63) is 29.8 Å². The van der Waals surface area contributed by atoms with Crippen LogP contribution in [0.1, 0.15) is 26.3 Å². The van der Waals surface area contributed by atoms with Crippen molar-refractivity contribution in [2.45, 2.75) is 43.9 Å². The van der Waals surface area contributed by atoms with Crippen molar-refractivity contribution in [2.75, 3.05) is 20.1 Å². The Morgan fingerprint density at radius 3 is 2.67 bits per heavy atom. The first-order chi connectivity index (χ1) is 9.76. The number of hydrogen-bond acceptors (Lipinski definition) is 4. The van der Waals surface area contributed by atoms with E-state index < -0.39 is 15.6 Å². The van der Waals surface area contributed by atoms with Crippen LogP contribution in [-0.2, 0) is 21.3 Å². The summed E-state index contributed by atoms with van der Waals surface area (Å²) in [6, 6.07) is 7.15. The molecule has 1 aromatic carbocycles. The summed E-state index contributed by atoms with van der Waals surface area (Å²) in [5.74, 6) is 0. The minimum absolute atomic E-state index is 0.111. The van der Waals surface area contributed by atoms with Crippen LogP contribution < -0.4 is 5.32 Å². The summed E-state index contributed by atoms with van der Waals surface area (Å²) >= 11 is 0. The van der Waals surface area contributed by atoms with E-state index in [9.17, 15) is 8.42 Å². The van der Waals surface area contributed by atoms with Crippen LogP contribution in [0, 0.1) is 0 Å². The maximum Gasteiger partial charge on any atom is 0.243 e. The number of benzene rings is 1. The summed E-state index contributed by atoms with van der Waals surface area (Å²) in [6.07, 6.45) is -0.111. The minimum atomic E-state index is -3.51. The number of nitrogens with zero attached hydrogens (tertiary/aromatic N) is 1. The predicted octanol–water partition coefficient (Wildman–Crippen LogP) is 1.59. The first kappa shape index (κ1) is 16.4. The maximum atomic E-state index is 13.0. The first-order valence-electron chi connectivity index (χ1n) is 7.17. The summed E-state index contributed by atoms with van der Waals surface area (Å²) in [4.78, 5) is 0.379. The number of morpholine rings is 1. The number of rotatable bonds is 4. The fraction of sp³-hybridized carbons (Fsp3) is 0.600. The van der Waals surface area contributed by atoms with Crippen LogP contribution in [0.15, 0.2) is 29.2 Å². The van der Waals surface area contributed by atoms with Gasteiger partial charge in [0.05, 0.1) is 16.6 Å². The molecule has 118 valence electrons. The molecule has 21 heavy (non-hydrogen) atoms. The molecule has 6 heteroatoms. The lowest BCUT2D eigenvalue weighted by atomic mass is 10.1. The standard InChI is InChI=1S/C15H24N2O3S/c1-12-10-17(11-15(2,3)20-12)21(18,19)14-8-6-5-7-13(14)9-16-4/h5-8,12,16H,9-11H2,1-4H3. The van der Waals surface area contributed by atoms with E-state index in [0.717, 1.165) is 5.56 Å². The summed E-state index contributed by atoms with van der Waals surface area (Å²) in [6.45, 7) is 7.03. The molecule has 0 aromatic heterocycles. The molecule has 1 aromatic rings. The van der Waals surface area contributed by atoms with E-state index in [1.165, 1.54) is 4.31 Å². The van der Waals surface area contributed by atoms with Gasteiger partial charge in [-0.1, -0.05) is 18.2 Å². The number of nitrogens with one attached hydrogen (secondary N) is 1. The molecule has 0 aliphatic carbocycles. The van der Waals surface area contributed by atoms with Gasteiger partial charge in [-0.05, 0) is 39.4 Å². The van der Waals surface area contributed by atoms with Crippen molar-refractivity contribution >= 4 is 10.0 Å². The van der Waals surface area contributed by atoms with Gasteiger partial charge in [0, 0.05) is 19.6 Å². The van der Waals surface area contributed by atoms with E-state index in [4.69, 9.17) is 4.74 Å². The van der Waals surface area contributed by atoms with Crippen molar-refractivity contribution in [3.8, 4) is 0 Å². The molecule has 1 aliphatic rings. The molecule has 0 spiro atoms. The molecule has 2 rings (SSSR count). The Hall–Kier alpha value is -0.950. The zero-order chi connectivity index (χ0) is 15.7. The second-order valence-electron chi connectivity index (χ2n) is 6.12. The summed E-state index contributed by atoms with van der Waals surface area (Å²) < 4.78 is 33.2. The Morgan fingerprint density at radius 1 is 1.38 bits per heavy atom. The van der Waals surface area contributed by atoms with Gasteiger partial charge in [0.2, 0.25) is 10.0 Å². The molecule has 1 N–H and O–H groups in total. The van der Waals surface area contributed by atoms with E-state index >= 15 is 0 Å². The van der Waals surface area contributed by atoms with Crippen LogP contribution in [0.25, 0.3) is 0 Å². The van der Waals surface area contributed by atoms with Crippen LogP contribution in [0.5, 0.6) is 0 Å². The second-order valence-corrected chi connectivity index (χ2v) is 8.03. The topological polar surface area (TPSA) is 58.6 Å². The van der Waals surface area contributed by atoms with Crippen molar-refractivity contribution in [3.63, 3.8) is 0 Å². The normalized spacial score (nSPS) is 23.1. The molecule has 1 atom stereocenters. The highest BCUT2D eigenvalue weighted by atomic mass is 32.2. The Labute approximate surface area is 127 Å². The van der Waals surface area contributed by atoms with Crippen molar-refractivity contribution in [1.29, 1.82) is 0 Å². The van der Waals surface area contributed by atoms with Crippen LogP contribution in [-0.4, -0.2) is 44.6 Å². The molecule has 1 unspecified atom stereocenters. The Morgan fingerprint density at radius 2 is 2.05 bits per heavy atom. The Bertz CT molecular complexity index is 599. The van der Waals surface area contributed by atoms with E-state index in [1.54, 1.807) is 12.1 Å². The monoisotopic (exact) mass is 312 g/mol. The van der Waals surface area contributed by atoms with Gasteiger partial charge in [0.15, 0.2) is 0 Å². The highest BCUT2D eigenvalue weighted by molar-refractivity contribution is 7.89. The van der Waals surface area contributed by atoms with Gasteiger partial charge in [-0.25, -0.2) is 8.42 Å². The van der Waals surface area contributed by atoms with E-state index in [0.29, 0.717) is 24.5 Å². The summed E-state index contributed by atoms with van der Waals surface area (Å²) in [5.41, 5.74) is 0.319. The van der Waals surface area contributed by atoms with Gasteiger partial charge < -0.3 is 10.1 Å². The van der Waals surface area contributed by atoms with Crippen molar-refractivity contribution in [1.82, 2.24) is 9.62 Å². The third-order valence-electron chi connectivity index (χ3n) is 3.50. The first-order valence-corrected chi connectivity index (χ1v) is 8.61. The van der Waals surface area contributed by atoms with Gasteiger partial charge >= 0.3 is 0 Å². The highest BCUT2D eigenvalue weighted by Gasteiger charge is 2.38. The third kappa shape index (κ3) is 3.63. The number of ether oxygens (including phenoxy) is 1. The maximum absolute atomic E-state index is 13.0. The summed E-state index contributed by atoms with van der Waals surface area (Å²) in [7, 11) is -1.70. The average Bonchev–Trinajstić information content (AvgIpc) is 2.37. The molecule has 1 heterocycles.